The fourth-order valence-electron chi connectivity index (χ4n) is 1.56. The molecule has 0 fully saturated rings. The molecular formula is C13H10BrFN4. The minimum atomic E-state index is -0.375. The lowest BCUT2D eigenvalue weighted by Crippen LogP contribution is -2.01. The first-order valence-electron chi connectivity index (χ1n) is 5.39. The summed E-state index contributed by atoms with van der Waals surface area (Å²) < 4.78 is 13.9. The number of pyridine rings is 1. The topological polar surface area (TPSA) is 74.7 Å². The normalized spacial score (nSPS) is 10.0. The molecule has 0 saturated heterocycles. The van der Waals surface area contributed by atoms with E-state index in [0.717, 1.165) is 5.56 Å². The Morgan fingerprint density at radius 2 is 2.16 bits per heavy atom. The maximum atomic E-state index is 13.5. The molecule has 0 saturated carbocycles. The highest BCUT2D eigenvalue weighted by Gasteiger charge is 2.08. The van der Waals surface area contributed by atoms with E-state index >= 15 is 0 Å². The summed E-state index contributed by atoms with van der Waals surface area (Å²) in [5.41, 5.74) is 7.92. The third kappa shape index (κ3) is 2.83. The van der Waals surface area contributed by atoms with Crippen LogP contribution in [0.15, 0.2) is 28.9 Å². The summed E-state index contributed by atoms with van der Waals surface area (Å²) in [6, 6.07) is 6.49. The Hall–Kier alpha value is -2.13. The van der Waals surface area contributed by atoms with E-state index < -0.39 is 0 Å². The van der Waals surface area contributed by atoms with Crippen molar-refractivity contribution in [1.29, 1.82) is 5.26 Å². The Bertz CT molecular complexity index is 679. The molecule has 0 aliphatic rings. The fraction of sp³-hybridized carbons (Fsp3) is 0.0769. The van der Waals surface area contributed by atoms with Gasteiger partial charge in [-0.1, -0.05) is 0 Å². The van der Waals surface area contributed by atoms with Crippen molar-refractivity contribution in [3.63, 3.8) is 0 Å². The molecule has 0 spiro atoms. The Balaban J connectivity index is 2.37. The number of benzene rings is 1. The summed E-state index contributed by atoms with van der Waals surface area (Å²) in [6.07, 6.45) is 1.41. The van der Waals surface area contributed by atoms with Crippen LogP contribution in [-0.2, 0) is 0 Å². The summed E-state index contributed by atoms with van der Waals surface area (Å²) in [6.45, 7) is 1.84. The maximum Gasteiger partial charge on any atom is 0.153 e. The van der Waals surface area contributed by atoms with E-state index in [2.05, 4.69) is 26.2 Å². The van der Waals surface area contributed by atoms with Gasteiger partial charge in [0, 0.05) is 11.9 Å². The number of nitriles is 1. The summed E-state index contributed by atoms with van der Waals surface area (Å²) in [5, 5.41) is 11.7. The van der Waals surface area contributed by atoms with E-state index in [0.29, 0.717) is 27.2 Å². The van der Waals surface area contributed by atoms with Crippen molar-refractivity contribution in [2.24, 2.45) is 0 Å². The predicted octanol–water partition coefficient (Wildman–Crippen LogP) is 3.49. The second kappa shape index (κ2) is 5.24. The molecule has 1 aromatic heterocycles. The number of nitrogens with zero attached hydrogens (tertiary/aromatic N) is 2. The number of rotatable bonds is 2. The van der Waals surface area contributed by atoms with Crippen molar-refractivity contribution < 1.29 is 4.39 Å². The minimum Gasteiger partial charge on any atom is -0.396 e. The van der Waals surface area contributed by atoms with Crippen LogP contribution in [0.3, 0.4) is 0 Å². The lowest BCUT2D eigenvalue weighted by atomic mass is 10.2. The highest BCUT2D eigenvalue weighted by atomic mass is 79.9. The van der Waals surface area contributed by atoms with Gasteiger partial charge >= 0.3 is 0 Å². The van der Waals surface area contributed by atoms with Gasteiger partial charge in [-0.05, 0) is 46.6 Å². The van der Waals surface area contributed by atoms with Gasteiger partial charge in [0.15, 0.2) is 5.82 Å². The van der Waals surface area contributed by atoms with Crippen LogP contribution in [0, 0.1) is 24.1 Å². The third-order valence-corrected chi connectivity index (χ3v) is 3.17. The second-order valence-corrected chi connectivity index (χ2v) is 4.83. The molecule has 19 heavy (non-hydrogen) atoms. The molecule has 2 aromatic rings. The molecule has 4 nitrogen and oxygen atoms in total. The molecule has 3 N–H and O–H groups in total. The van der Waals surface area contributed by atoms with Gasteiger partial charge in [0.25, 0.3) is 0 Å². The van der Waals surface area contributed by atoms with Crippen LogP contribution in [-0.4, -0.2) is 4.98 Å². The van der Waals surface area contributed by atoms with Crippen molar-refractivity contribution in [1.82, 2.24) is 4.98 Å². The molecule has 2 rings (SSSR count). The zero-order valence-electron chi connectivity index (χ0n) is 10.0. The van der Waals surface area contributed by atoms with Crippen LogP contribution in [0.4, 0.5) is 21.6 Å². The lowest BCUT2D eigenvalue weighted by Gasteiger charge is -2.11. The Kier molecular flexibility index (Phi) is 3.67. The number of nitrogens with two attached hydrogens (primary N) is 1. The largest absolute Gasteiger partial charge is 0.396 e. The van der Waals surface area contributed by atoms with Crippen molar-refractivity contribution >= 4 is 33.1 Å². The smallest absolute Gasteiger partial charge is 0.153 e. The fourth-order valence-corrected chi connectivity index (χ4v) is 2.01. The molecule has 0 atom stereocenters. The van der Waals surface area contributed by atoms with Gasteiger partial charge in [0.2, 0.25) is 0 Å². The predicted molar refractivity (Wildman–Crippen MR) is 75.5 cm³/mol. The van der Waals surface area contributed by atoms with E-state index in [1.54, 1.807) is 6.07 Å². The van der Waals surface area contributed by atoms with Gasteiger partial charge in [0.05, 0.1) is 15.7 Å². The number of aryl methyl sites for hydroxylation is 1. The maximum absolute atomic E-state index is 13.5. The van der Waals surface area contributed by atoms with Crippen molar-refractivity contribution in [2.75, 3.05) is 11.1 Å². The number of anilines is 3. The number of hydrogen-bond acceptors (Lipinski definition) is 4. The minimum absolute atomic E-state index is 0.335. The standard InChI is InChI=1S/C13H10BrFN4/c1-7-2-9(14)10(15)4-12(7)19-13-11(17)3-8(5-16)6-18-13/h2-4,6H,17H2,1H3,(H,18,19). The van der Waals surface area contributed by atoms with Crippen LogP contribution in [0.2, 0.25) is 0 Å². The second-order valence-electron chi connectivity index (χ2n) is 3.98. The first-order valence-corrected chi connectivity index (χ1v) is 6.19. The molecule has 0 bridgehead atoms. The number of aromatic nitrogens is 1. The molecule has 1 heterocycles. The lowest BCUT2D eigenvalue weighted by molar-refractivity contribution is 0.621. The van der Waals surface area contributed by atoms with E-state index in [1.165, 1.54) is 18.3 Å². The van der Waals surface area contributed by atoms with E-state index in [9.17, 15) is 4.39 Å². The van der Waals surface area contributed by atoms with Gasteiger partial charge in [-0.15, -0.1) is 0 Å². The molecule has 0 amide bonds. The quantitative estimate of drug-likeness (QED) is 0.888. The first-order chi connectivity index (χ1) is 9.01. The van der Waals surface area contributed by atoms with Gasteiger partial charge in [-0.25, -0.2) is 9.37 Å². The summed E-state index contributed by atoms with van der Waals surface area (Å²) in [5.74, 6) is 0.0177. The first kappa shape index (κ1) is 13.3. The van der Waals surface area contributed by atoms with Crippen LogP contribution < -0.4 is 11.1 Å². The average molecular weight is 321 g/mol. The van der Waals surface area contributed by atoms with Crippen molar-refractivity contribution in [2.45, 2.75) is 6.92 Å². The Morgan fingerprint density at radius 3 is 2.79 bits per heavy atom. The van der Waals surface area contributed by atoms with Gasteiger partial charge in [-0.3, -0.25) is 0 Å². The molecule has 6 heteroatoms. The average Bonchev–Trinajstić information content (AvgIpc) is 2.38. The van der Waals surface area contributed by atoms with Gasteiger partial charge in [0.1, 0.15) is 11.9 Å². The molecule has 96 valence electrons. The highest BCUT2D eigenvalue weighted by molar-refractivity contribution is 9.10. The number of hydrogen-bond donors (Lipinski definition) is 2. The molecule has 0 unspecified atom stereocenters. The van der Waals surface area contributed by atoms with Crippen LogP contribution in [0.5, 0.6) is 0 Å². The molecule has 1 aromatic carbocycles. The number of nitrogen functional groups attached to an aromatic ring is 1. The third-order valence-electron chi connectivity index (χ3n) is 2.57. The van der Waals surface area contributed by atoms with E-state index in [1.807, 2.05) is 13.0 Å². The molecular weight excluding hydrogens is 311 g/mol. The molecule has 0 radical (unpaired) electrons. The van der Waals surface area contributed by atoms with Crippen LogP contribution in [0.1, 0.15) is 11.1 Å². The Morgan fingerprint density at radius 1 is 1.42 bits per heavy atom. The number of nitrogens with one attached hydrogen (secondary N) is 1. The zero-order chi connectivity index (χ0) is 14.0. The van der Waals surface area contributed by atoms with Crippen molar-refractivity contribution in [3.05, 3.63) is 45.8 Å². The van der Waals surface area contributed by atoms with Gasteiger partial charge in [-0.2, -0.15) is 5.26 Å². The van der Waals surface area contributed by atoms with Crippen LogP contribution in [0.25, 0.3) is 0 Å². The summed E-state index contributed by atoms with van der Waals surface area (Å²) in [4.78, 5) is 4.04. The zero-order valence-corrected chi connectivity index (χ0v) is 11.6. The Labute approximate surface area is 118 Å². The number of halogens is 2. The monoisotopic (exact) mass is 320 g/mol. The van der Waals surface area contributed by atoms with E-state index in [-0.39, 0.29) is 5.82 Å². The summed E-state index contributed by atoms with van der Waals surface area (Å²) in [7, 11) is 0. The molecule has 0 aliphatic carbocycles. The SMILES string of the molecule is Cc1cc(Br)c(F)cc1Nc1ncc(C#N)cc1N. The summed E-state index contributed by atoms with van der Waals surface area (Å²) >= 11 is 3.12. The van der Waals surface area contributed by atoms with E-state index in [4.69, 9.17) is 11.0 Å². The van der Waals surface area contributed by atoms with Gasteiger partial charge < -0.3 is 11.1 Å². The molecule has 0 aliphatic heterocycles. The van der Waals surface area contributed by atoms with Crippen LogP contribution >= 0.6 is 15.9 Å². The highest BCUT2D eigenvalue weighted by Crippen LogP contribution is 2.28. The van der Waals surface area contributed by atoms with Crippen molar-refractivity contribution in [3.8, 4) is 6.07 Å².